The summed E-state index contributed by atoms with van der Waals surface area (Å²) in [6.45, 7) is 7.66. The minimum absolute atomic E-state index is 0.164. The number of nitrogens with zero attached hydrogens (tertiary/aromatic N) is 1. The fraction of sp³-hybridized carbons (Fsp3) is 0.938. The molecule has 2 fully saturated rings. The van der Waals surface area contributed by atoms with Crippen LogP contribution < -0.4 is 11.1 Å². The van der Waals surface area contributed by atoms with Gasteiger partial charge < -0.3 is 11.1 Å². The van der Waals surface area contributed by atoms with Gasteiger partial charge in [0.05, 0.1) is 5.54 Å². The van der Waals surface area contributed by atoms with Gasteiger partial charge in [0, 0.05) is 18.1 Å². The van der Waals surface area contributed by atoms with Crippen LogP contribution in [0.4, 0.5) is 0 Å². The van der Waals surface area contributed by atoms with Crippen LogP contribution in [-0.4, -0.2) is 41.0 Å². The lowest BCUT2D eigenvalue weighted by Crippen LogP contribution is -2.62. The number of nitrogens with two attached hydrogens (primary N) is 1. The smallest absolute Gasteiger partial charge is 0.237 e. The molecule has 1 heterocycles. The fourth-order valence-corrected chi connectivity index (χ4v) is 4.28. The monoisotopic (exact) mass is 281 g/mol. The molecule has 2 aliphatic rings. The molecule has 3 unspecified atom stereocenters. The lowest BCUT2D eigenvalue weighted by Gasteiger charge is -2.45. The Hall–Kier alpha value is -0.610. The van der Waals surface area contributed by atoms with Gasteiger partial charge in [-0.15, -0.1) is 0 Å². The summed E-state index contributed by atoms with van der Waals surface area (Å²) in [4.78, 5) is 14.7. The molecule has 0 radical (unpaired) electrons. The van der Waals surface area contributed by atoms with Crippen LogP contribution in [0, 0.1) is 0 Å². The molecule has 0 aromatic carbocycles. The second-order valence-corrected chi connectivity index (χ2v) is 6.94. The highest BCUT2D eigenvalue weighted by atomic mass is 16.1. The maximum Gasteiger partial charge on any atom is 0.237 e. The van der Waals surface area contributed by atoms with Gasteiger partial charge in [0.15, 0.2) is 0 Å². The van der Waals surface area contributed by atoms with Crippen LogP contribution in [0.3, 0.4) is 0 Å². The van der Waals surface area contributed by atoms with Gasteiger partial charge in [-0.2, -0.15) is 0 Å². The molecule has 1 aliphatic heterocycles. The highest BCUT2D eigenvalue weighted by Crippen LogP contribution is 2.35. The molecule has 0 spiro atoms. The minimum atomic E-state index is -0.488. The SMILES string of the molecule is CCC1CCCN1C1CCCC(NC(C)C)(C(N)=O)C1. The number of amides is 1. The summed E-state index contributed by atoms with van der Waals surface area (Å²) in [5.74, 6) is -0.164. The molecule has 0 bridgehead atoms. The standard InChI is InChI=1S/C16H31N3O/c1-4-13-8-6-10-19(13)14-7-5-9-16(11-14,15(17)20)18-12(2)3/h12-14,18H,4-11H2,1-3H3,(H2,17,20). The van der Waals surface area contributed by atoms with Gasteiger partial charge in [-0.25, -0.2) is 0 Å². The van der Waals surface area contributed by atoms with Crippen molar-refractivity contribution in [3.8, 4) is 0 Å². The molecule has 116 valence electrons. The van der Waals surface area contributed by atoms with E-state index in [-0.39, 0.29) is 5.91 Å². The van der Waals surface area contributed by atoms with E-state index >= 15 is 0 Å². The second kappa shape index (κ2) is 6.44. The zero-order valence-electron chi connectivity index (χ0n) is 13.3. The summed E-state index contributed by atoms with van der Waals surface area (Å²) in [5.41, 5.74) is 5.27. The number of primary amides is 1. The van der Waals surface area contributed by atoms with Crippen LogP contribution in [0.15, 0.2) is 0 Å². The Bertz CT molecular complexity index is 345. The third-order valence-corrected chi connectivity index (χ3v) is 5.12. The summed E-state index contributed by atoms with van der Waals surface area (Å²) in [6.07, 6.45) is 7.92. The number of likely N-dealkylation sites (tertiary alicyclic amines) is 1. The maximum absolute atomic E-state index is 12.1. The number of carbonyl (C=O) groups excluding carboxylic acids is 1. The topological polar surface area (TPSA) is 58.4 Å². The Labute approximate surface area is 123 Å². The molecule has 1 saturated heterocycles. The van der Waals surface area contributed by atoms with E-state index in [1.54, 1.807) is 0 Å². The second-order valence-electron chi connectivity index (χ2n) is 6.94. The van der Waals surface area contributed by atoms with Crippen LogP contribution in [0.5, 0.6) is 0 Å². The fourth-order valence-electron chi connectivity index (χ4n) is 4.28. The zero-order valence-corrected chi connectivity index (χ0v) is 13.3. The number of hydrogen-bond acceptors (Lipinski definition) is 3. The summed E-state index contributed by atoms with van der Waals surface area (Å²) >= 11 is 0. The predicted molar refractivity (Wildman–Crippen MR) is 82.5 cm³/mol. The van der Waals surface area contributed by atoms with Crippen molar-refractivity contribution in [2.24, 2.45) is 5.73 Å². The van der Waals surface area contributed by atoms with E-state index in [0.29, 0.717) is 18.1 Å². The lowest BCUT2D eigenvalue weighted by atomic mass is 9.77. The first kappa shape index (κ1) is 15.8. The molecular formula is C16H31N3O. The first-order valence-electron chi connectivity index (χ1n) is 8.32. The zero-order chi connectivity index (χ0) is 14.8. The normalized spacial score (nSPS) is 35.6. The van der Waals surface area contributed by atoms with Gasteiger partial charge >= 0.3 is 0 Å². The molecule has 1 aliphatic carbocycles. The molecule has 0 aromatic heterocycles. The van der Waals surface area contributed by atoms with E-state index in [0.717, 1.165) is 19.3 Å². The molecule has 4 heteroatoms. The summed E-state index contributed by atoms with van der Waals surface area (Å²) < 4.78 is 0. The number of rotatable bonds is 5. The molecule has 4 nitrogen and oxygen atoms in total. The minimum Gasteiger partial charge on any atom is -0.368 e. The first-order chi connectivity index (χ1) is 9.48. The molecular weight excluding hydrogens is 250 g/mol. The largest absolute Gasteiger partial charge is 0.368 e. The Morgan fingerprint density at radius 2 is 2.15 bits per heavy atom. The van der Waals surface area contributed by atoms with E-state index in [4.69, 9.17) is 5.73 Å². The van der Waals surface area contributed by atoms with E-state index in [1.807, 2.05) is 0 Å². The van der Waals surface area contributed by atoms with Crippen molar-refractivity contribution < 1.29 is 4.79 Å². The average molecular weight is 281 g/mol. The third kappa shape index (κ3) is 3.17. The van der Waals surface area contributed by atoms with Crippen molar-refractivity contribution >= 4 is 5.91 Å². The van der Waals surface area contributed by atoms with E-state index in [1.165, 1.54) is 32.2 Å². The Morgan fingerprint density at radius 3 is 2.75 bits per heavy atom. The summed E-state index contributed by atoms with van der Waals surface area (Å²) in [7, 11) is 0. The number of carbonyl (C=O) groups is 1. The maximum atomic E-state index is 12.1. The highest BCUT2D eigenvalue weighted by Gasteiger charge is 2.44. The van der Waals surface area contributed by atoms with Crippen molar-refractivity contribution in [1.29, 1.82) is 0 Å². The van der Waals surface area contributed by atoms with Crippen LogP contribution in [0.25, 0.3) is 0 Å². The quantitative estimate of drug-likeness (QED) is 0.810. The lowest BCUT2D eigenvalue weighted by molar-refractivity contribution is -0.127. The molecule has 0 aromatic rings. The molecule has 2 rings (SSSR count). The highest BCUT2D eigenvalue weighted by molar-refractivity contribution is 5.85. The molecule has 20 heavy (non-hydrogen) atoms. The van der Waals surface area contributed by atoms with Crippen LogP contribution in [-0.2, 0) is 4.79 Å². The van der Waals surface area contributed by atoms with Crippen molar-refractivity contribution in [3.63, 3.8) is 0 Å². The molecule has 3 N–H and O–H groups in total. The molecule has 3 atom stereocenters. The number of nitrogens with one attached hydrogen (secondary N) is 1. The van der Waals surface area contributed by atoms with Gasteiger partial charge in [-0.05, 0) is 65.3 Å². The first-order valence-corrected chi connectivity index (χ1v) is 8.32. The van der Waals surface area contributed by atoms with Gasteiger partial charge in [0.2, 0.25) is 5.91 Å². The van der Waals surface area contributed by atoms with E-state index in [9.17, 15) is 4.79 Å². The summed E-state index contributed by atoms with van der Waals surface area (Å²) in [6, 6.07) is 1.53. The molecule has 1 amide bonds. The Morgan fingerprint density at radius 1 is 1.40 bits per heavy atom. The van der Waals surface area contributed by atoms with Gasteiger partial charge in [-0.1, -0.05) is 6.92 Å². The van der Waals surface area contributed by atoms with Crippen molar-refractivity contribution in [1.82, 2.24) is 10.2 Å². The Balaban J connectivity index is 2.11. The van der Waals surface area contributed by atoms with Crippen molar-refractivity contribution in [2.75, 3.05) is 6.54 Å². The van der Waals surface area contributed by atoms with Gasteiger partial charge in [0.25, 0.3) is 0 Å². The molecule has 1 saturated carbocycles. The van der Waals surface area contributed by atoms with E-state index in [2.05, 4.69) is 31.0 Å². The Kier molecular flexibility index (Phi) is 5.08. The average Bonchev–Trinajstić information content (AvgIpc) is 2.86. The van der Waals surface area contributed by atoms with Crippen molar-refractivity contribution in [2.45, 2.75) is 89.4 Å². The van der Waals surface area contributed by atoms with E-state index < -0.39 is 5.54 Å². The van der Waals surface area contributed by atoms with Crippen LogP contribution in [0.1, 0.15) is 65.7 Å². The summed E-state index contributed by atoms with van der Waals surface area (Å²) in [5, 5.41) is 3.48. The predicted octanol–water partition coefficient (Wildman–Crippen LogP) is 2.03. The van der Waals surface area contributed by atoms with Gasteiger partial charge in [-0.3, -0.25) is 9.69 Å². The third-order valence-electron chi connectivity index (χ3n) is 5.12. The van der Waals surface area contributed by atoms with Gasteiger partial charge in [0.1, 0.15) is 0 Å². The number of hydrogen-bond donors (Lipinski definition) is 2. The van der Waals surface area contributed by atoms with Crippen molar-refractivity contribution in [3.05, 3.63) is 0 Å². The van der Waals surface area contributed by atoms with Crippen LogP contribution >= 0.6 is 0 Å². The van der Waals surface area contributed by atoms with Crippen LogP contribution in [0.2, 0.25) is 0 Å².